The molecule has 2 heterocycles. The lowest BCUT2D eigenvalue weighted by Gasteiger charge is -2.28. The minimum absolute atomic E-state index is 0.0106. The van der Waals surface area contributed by atoms with Gasteiger partial charge in [0.15, 0.2) is 5.03 Å². The van der Waals surface area contributed by atoms with Gasteiger partial charge in [0.2, 0.25) is 0 Å². The standard InChI is InChI=1S/C12H22N4O3S/c1-8(10-3-5-19-6-4-10)16-20(17,18)12-11(7-13)9(2)14-15-12/h8,10,16H,3-7,13H2,1-2H3,(H,14,15). The fourth-order valence-electron chi connectivity index (χ4n) is 2.51. The first-order valence-electron chi connectivity index (χ1n) is 6.79. The molecule has 0 amide bonds. The van der Waals surface area contributed by atoms with Crippen LogP contribution in [0, 0.1) is 12.8 Å². The van der Waals surface area contributed by atoms with Crippen LogP contribution < -0.4 is 10.5 Å². The van der Waals surface area contributed by atoms with Gasteiger partial charge in [-0.05, 0) is 32.6 Å². The van der Waals surface area contributed by atoms with Gasteiger partial charge in [0, 0.05) is 37.1 Å². The predicted octanol–water partition coefficient (Wildman–Crippen LogP) is 0.270. The highest BCUT2D eigenvalue weighted by molar-refractivity contribution is 7.89. The van der Waals surface area contributed by atoms with Crippen LogP contribution in [-0.4, -0.2) is 37.9 Å². The molecule has 1 aliphatic rings. The molecule has 0 spiro atoms. The molecule has 20 heavy (non-hydrogen) atoms. The molecule has 0 aliphatic carbocycles. The summed E-state index contributed by atoms with van der Waals surface area (Å²) in [4.78, 5) is 0. The molecule has 8 heteroatoms. The van der Waals surface area contributed by atoms with E-state index in [0.29, 0.717) is 30.4 Å². The summed E-state index contributed by atoms with van der Waals surface area (Å²) in [6.45, 7) is 5.16. The van der Waals surface area contributed by atoms with E-state index in [1.807, 2.05) is 6.92 Å². The quantitative estimate of drug-likeness (QED) is 0.723. The monoisotopic (exact) mass is 302 g/mol. The molecule has 0 radical (unpaired) electrons. The van der Waals surface area contributed by atoms with Crippen LogP contribution in [0.3, 0.4) is 0 Å². The predicted molar refractivity (Wildman–Crippen MR) is 74.5 cm³/mol. The van der Waals surface area contributed by atoms with E-state index in [-0.39, 0.29) is 17.6 Å². The number of aryl methyl sites for hydroxylation is 1. The Morgan fingerprint density at radius 2 is 2.15 bits per heavy atom. The lowest BCUT2D eigenvalue weighted by Crippen LogP contribution is -2.40. The van der Waals surface area contributed by atoms with Gasteiger partial charge in [-0.3, -0.25) is 5.10 Å². The number of ether oxygens (including phenoxy) is 1. The Bertz CT molecular complexity index is 549. The Labute approximate surface area is 119 Å². The number of hydrogen-bond acceptors (Lipinski definition) is 5. The van der Waals surface area contributed by atoms with E-state index >= 15 is 0 Å². The second-order valence-corrected chi connectivity index (χ2v) is 6.83. The molecular formula is C12H22N4O3S. The summed E-state index contributed by atoms with van der Waals surface area (Å²) in [5.41, 5.74) is 6.82. The number of hydrogen-bond donors (Lipinski definition) is 3. The van der Waals surface area contributed by atoms with E-state index in [4.69, 9.17) is 10.5 Å². The van der Waals surface area contributed by atoms with Gasteiger partial charge in [-0.15, -0.1) is 0 Å². The fourth-order valence-corrected chi connectivity index (χ4v) is 4.03. The molecule has 1 unspecified atom stereocenters. The first kappa shape index (κ1) is 15.4. The van der Waals surface area contributed by atoms with Crippen molar-refractivity contribution in [3.8, 4) is 0 Å². The van der Waals surface area contributed by atoms with E-state index in [2.05, 4.69) is 14.9 Å². The van der Waals surface area contributed by atoms with Crippen molar-refractivity contribution in [1.29, 1.82) is 0 Å². The Balaban J connectivity index is 2.13. The van der Waals surface area contributed by atoms with Gasteiger partial charge in [-0.25, -0.2) is 13.1 Å². The van der Waals surface area contributed by atoms with Crippen LogP contribution in [0.2, 0.25) is 0 Å². The highest BCUT2D eigenvalue weighted by Crippen LogP contribution is 2.21. The number of aromatic nitrogens is 2. The van der Waals surface area contributed by atoms with Gasteiger partial charge >= 0.3 is 0 Å². The minimum atomic E-state index is -3.64. The van der Waals surface area contributed by atoms with Gasteiger partial charge in [-0.1, -0.05) is 0 Å². The largest absolute Gasteiger partial charge is 0.381 e. The van der Waals surface area contributed by atoms with E-state index in [1.54, 1.807) is 6.92 Å². The van der Waals surface area contributed by atoms with Crippen LogP contribution in [-0.2, 0) is 21.3 Å². The number of nitrogens with two attached hydrogens (primary N) is 1. The second-order valence-electron chi connectivity index (χ2n) is 5.20. The summed E-state index contributed by atoms with van der Waals surface area (Å²) >= 11 is 0. The van der Waals surface area contributed by atoms with Crippen molar-refractivity contribution in [3.63, 3.8) is 0 Å². The first-order valence-corrected chi connectivity index (χ1v) is 8.28. The molecule has 1 aromatic heterocycles. The van der Waals surface area contributed by atoms with Gasteiger partial charge in [0.25, 0.3) is 10.0 Å². The summed E-state index contributed by atoms with van der Waals surface area (Å²) in [7, 11) is -3.64. The van der Waals surface area contributed by atoms with Crippen molar-refractivity contribution >= 4 is 10.0 Å². The Hall–Kier alpha value is -0.960. The van der Waals surface area contributed by atoms with Crippen LogP contribution in [0.25, 0.3) is 0 Å². The summed E-state index contributed by atoms with van der Waals surface area (Å²) in [6, 6.07) is -0.147. The number of nitrogens with one attached hydrogen (secondary N) is 2. The molecule has 1 aromatic rings. The fraction of sp³-hybridized carbons (Fsp3) is 0.750. The van der Waals surface area contributed by atoms with Crippen LogP contribution in [0.5, 0.6) is 0 Å². The molecule has 2 rings (SSSR count). The Kier molecular flexibility index (Phi) is 4.79. The van der Waals surface area contributed by atoms with Crippen molar-refractivity contribution < 1.29 is 13.2 Å². The molecule has 0 bridgehead atoms. The zero-order chi connectivity index (χ0) is 14.8. The Morgan fingerprint density at radius 1 is 1.50 bits per heavy atom. The molecule has 7 nitrogen and oxygen atoms in total. The van der Waals surface area contributed by atoms with Crippen LogP contribution in [0.15, 0.2) is 5.03 Å². The summed E-state index contributed by atoms with van der Waals surface area (Å²) in [5.74, 6) is 0.292. The van der Waals surface area contributed by atoms with Gasteiger partial charge in [-0.2, -0.15) is 5.10 Å². The number of nitrogens with zero attached hydrogens (tertiary/aromatic N) is 1. The van der Waals surface area contributed by atoms with Crippen LogP contribution in [0.1, 0.15) is 31.0 Å². The highest BCUT2D eigenvalue weighted by Gasteiger charge is 2.28. The summed E-state index contributed by atoms with van der Waals surface area (Å²) in [5, 5.41) is 6.56. The van der Waals surface area contributed by atoms with E-state index < -0.39 is 10.0 Å². The van der Waals surface area contributed by atoms with Gasteiger partial charge in [0.1, 0.15) is 0 Å². The number of sulfonamides is 1. The molecule has 0 aromatic carbocycles. The Morgan fingerprint density at radius 3 is 2.75 bits per heavy atom. The smallest absolute Gasteiger partial charge is 0.260 e. The highest BCUT2D eigenvalue weighted by atomic mass is 32.2. The van der Waals surface area contributed by atoms with Crippen molar-refractivity contribution in [1.82, 2.24) is 14.9 Å². The average molecular weight is 302 g/mol. The molecule has 1 fully saturated rings. The maximum absolute atomic E-state index is 12.4. The molecule has 1 atom stereocenters. The minimum Gasteiger partial charge on any atom is -0.381 e. The number of rotatable bonds is 5. The van der Waals surface area contributed by atoms with Crippen LogP contribution >= 0.6 is 0 Å². The number of H-pyrrole nitrogens is 1. The SMILES string of the molecule is Cc1[nH]nc(S(=O)(=O)NC(C)C2CCOCC2)c1CN. The number of aromatic amines is 1. The zero-order valence-corrected chi connectivity index (χ0v) is 12.7. The van der Waals surface area contributed by atoms with E-state index in [0.717, 1.165) is 12.8 Å². The molecule has 114 valence electrons. The van der Waals surface area contributed by atoms with E-state index in [1.165, 1.54) is 0 Å². The lowest BCUT2D eigenvalue weighted by atomic mass is 9.94. The van der Waals surface area contributed by atoms with Crippen LogP contribution in [0.4, 0.5) is 0 Å². The van der Waals surface area contributed by atoms with Crippen molar-refractivity contribution in [2.75, 3.05) is 13.2 Å². The maximum Gasteiger partial charge on any atom is 0.260 e. The van der Waals surface area contributed by atoms with Crippen molar-refractivity contribution in [3.05, 3.63) is 11.3 Å². The average Bonchev–Trinajstić information content (AvgIpc) is 2.81. The third kappa shape index (κ3) is 3.20. The molecule has 1 aliphatic heterocycles. The summed E-state index contributed by atoms with van der Waals surface area (Å²) in [6.07, 6.45) is 1.74. The third-order valence-electron chi connectivity index (χ3n) is 3.81. The van der Waals surface area contributed by atoms with Gasteiger partial charge in [0.05, 0.1) is 0 Å². The molecular weight excluding hydrogens is 280 g/mol. The normalized spacial score (nSPS) is 19.1. The lowest BCUT2D eigenvalue weighted by molar-refractivity contribution is 0.0585. The van der Waals surface area contributed by atoms with Gasteiger partial charge < -0.3 is 10.5 Å². The van der Waals surface area contributed by atoms with E-state index in [9.17, 15) is 8.42 Å². The zero-order valence-electron chi connectivity index (χ0n) is 11.8. The molecule has 4 N–H and O–H groups in total. The maximum atomic E-state index is 12.4. The topological polar surface area (TPSA) is 110 Å². The second kappa shape index (κ2) is 6.21. The third-order valence-corrected chi connectivity index (χ3v) is 5.34. The first-order chi connectivity index (χ1) is 9.45. The molecule has 0 saturated carbocycles. The van der Waals surface area contributed by atoms with Crippen molar-refractivity contribution in [2.24, 2.45) is 11.7 Å². The summed E-state index contributed by atoms with van der Waals surface area (Å²) < 4.78 is 32.8. The molecule has 1 saturated heterocycles. The van der Waals surface area contributed by atoms with Crippen molar-refractivity contribution in [2.45, 2.75) is 44.3 Å².